The Morgan fingerprint density at radius 3 is 2.66 bits per heavy atom. The zero-order chi connectivity index (χ0) is 20.1. The van der Waals surface area contributed by atoms with E-state index in [2.05, 4.69) is 16.4 Å². The third-order valence-corrected chi connectivity index (χ3v) is 5.45. The molecule has 2 aromatic carbocycles. The summed E-state index contributed by atoms with van der Waals surface area (Å²) in [6.07, 6.45) is 5.97. The molecule has 6 heteroatoms. The van der Waals surface area contributed by atoms with Gasteiger partial charge in [-0.1, -0.05) is 35.5 Å². The fourth-order valence-corrected chi connectivity index (χ4v) is 3.85. The molecule has 0 bridgehead atoms. The second-order valence-electron chi connectivity index (χ2n) is 7.36. The number of aryl methyl sites for hydroxylation is 1. The third-order valence-electron chi connectivity index (χ3n) is 5.45. The molecule has 1 fully saturated rings. The fourth-order valence-electron chi connectivity index (χ4n) is 3.85. The summed E-state index contributed by atoms with van der Waals surface area (Å²) in [5.74, 6) is 0.0442. The van der Waals surface area contributed by atoms with Gasteiger partial charge in [0.1, 0.15) is 5.69 Å². The molecule has 1 unspecified atom stereocenters. The molecule has 0 N–H and O–H groups in total. The first-order valence-electron chi connectivity index (χ1n) is 10.0. The van der Waals surface area contributed by atoms with Crippen molar-refractivity contribution in [1.29, 1.82) is 5.26 Å². The van der Waals surface area contributed by atoms with Gasteiger partial charge in [0.15, 0.2) is 0 Å². The molecule has 0 saturated carbocycles. The minimum Gasteiger partial charge on any atom is -0.336 e. The van der Waals surface area contributed by atoms with Crippen LogP contribution in [-0.4, -0.2) is 38.4 Å². The normalized spacial score (nSPS) is 16.4. The highest BCUT2D eigenvalue weighted by Crippen LogP contribution is 2.23. The van der Waals surface area contributed by atoms with Crippen LogP contribution in [0.1, 0.15) is 41.6 Å². The number of likely N-dealkylation sites (tertiary alicyclic amines) is 1. The molecule has 0 aliphatic carbocycles. The van der Waals surface area contributed by atoms with Gasteiger partial charge in [0, 0.05) is 30.3 Å². The maximum atomic E-state index is 13.0. The Labute approximate surface area is 170 Å². The number of hydrogen-bond donors (Lipinski definition) is 0. The van der Waals surface area contributed by atoms with Crippen molar-refractivity contribution >= 4 is 5.91 Å². The zero-order valence-electron chi connectivity index (χ0n) is 16.2. The summed E-state index contributed by atoms with van der Waals surface area (Å²) >= 11 is 0. The lowest BCUT2D eigenvalue weighted by Crippen LogP contribution is -2.44. The van der Waals surface area contributed by atoms with Crippen LogP contribution in [0.25, 0.3) is 11.3 Å². The van der Waals surface area contributed by atoms with Gasteiger partial charge >= 0.3 is 0 Å². The molecule has 2 heterocycles. The highest BCUT2D eigenvalue weighted by molar-refractivity contribution is 5.94. The monoisotopic (exact) mass is 385 g/mol. The lowest BCUT2D eigenvalue weighted by molar-refractivity contribution is 0.0593. The quantitative estimate of drug-likeness (QED) is 0.667. The van der Waals surface area contributed by atoms with Crippen molar-refractivity contribution in [2.45, 2.75) is 38.3 Å². The van der Waals surface area contributed by atoms with Crippen molar-refractivity contribution in [3.8, 4) is 17.3 Å². The van der Waals surface area contributed by atoms with Crippen LogP contribution in [0.3, 0.4) is 0 Å². The molecule has 29 heavy (non-hydrogen) atoms. The number of benzene rings is 2. The Morgan fingerprint density at radius 1 is 1.10 bits per heavy atom. The summed E-state index contributed by atoms with van der Waals surface area (Å²) in [6, 6.07) is 19.2. The van der Waals surface area contributed by atoms with E-state index in [1.165, 1.54) is 0 Å². The van der Waals surface area contributed by atoms with Crippen LogP contribution >= 0.6 is 0 Å². The Kier molecular flexibility index (Phi) is 5.66. The maximum absolute atomic E-state index is 13.0. The second kappa shape index (κ2) is 8.70. The largest absolute Gasteiger partial charge is 0.336 e. The number of carbonyl (C=O) groups is 1. The van der Waals surface area contributed by atoms with Gasteiger partial charge < -0.3 is 4.90 Å². The van der Waals surface area contributed by atoms with Crippen LogP contribution in [0.15, 0.2) is 60.8 Å². The van der Waals surface area contributed by atoms with E-state index < -0.39 is 0 Å². The SMILES string of the molecule is N#Cc1ccc(C(=O)N2CCCCC2CCn2cc(-c3ccccc3)nn2)cc1. The van der Waals surface area contributed by atoms with E-state index >= 15 is 0 Å². The van der Waals surface area contributed by atoms with Gasteiger partial charge in [-0.2, -0.15) is 5.26 Å². The van der Waals surface area contributed by atoms with E-state index in [9.17, 15) is 4.79 Å². The van der Waals surface area contributed by atoms with E-state index in [1.807, 2.05) is 46.1 Å². The lowest BCUT2D eigenvalue weighted by atomic mass is 9.98. The van der Waals surface area contributed by atoms with E-state index in [4.69, 9.17) is 5.26 Å². The maximum Gasteiger partial charge on any atom is 0.254 e. The van der Waals surface area contributed by atoms with Crippen LogP contribution in [-0.2, 0) is 6.54 Å². The summed E-state index contributed by atoms with van der Waals surface area (Å²) in [6.45, 7) is 1.50. The van der Waals surface area contributed by atoms with Crippen molar-refractivity contribution in [1.82, 2.24) is 19.9 Å². The number of nitriles is 1. The molecule has 0 radical (unpaired) electrons. The van der Waals surface area contributed by atoms with Gasteiger partial charge in [-0.05, 0) is 49.9 Å². The molecule has 1 aliphatic heterocycles. The zero-order valence-corrected chi connectivity index (χ0v) is 16.2. The molecular weight excluding hydrogens is 362 g/mol. The Morgan fingerprint density at radius 2 is 1.90 bits per heavy atom. The van der Waals surface area contributed by atoms with E-state index in [0.29, 0.717) is 11.1 Å². The molecule has 0 spiro atoms. The van der Waals surface area contributed by atoms with Gasteiger partial charge in [-0.15, -0.1) is 5.10 Å². The number of aromatic nitrogens is 3. The number of amides is 1. The predicted molar refractivity (Wildman–Crippen MR) is 110 cm³/mol. The van der Waals surface area contributed by atoms with Gasteiger partial charge in [0.2, 0.25) is 0 Å². The summed E-state index contributed by atoms with van der Waals surface area (Å²) in [5, 5.41) is 17.5. The summed E-state index contributed by atoms with van der Waals surface area (Å²) in [5.41, 5.74) is 3.12. The van der Waals surface area contributed by atoms with Crippen molar-refractivity contribution in [3.63, 3.8) is 0 Å². The van der Waals surface area contributed by atoms with Gasteiger partial charge in [-0.25, -0.2) is 0 Å². The van der Waals surface area contributed by atoms with Crippen molar-refractivity contribution in [2.75, 3.05) is 6.54 Å². The smallest absolute Gasteiger partial charge is 0.254 e. The minimum absolute atomic E-state index is 0.0442. The molecule has 6 nitrogen and oxygen atoms in total. The van der Waals surface area contributed by atoms with E-state index in [-0.39, 0.29) is 11.9 Å². The number of carbonyl (C=O) groups excluding carboxylic acids is 1. The topological polar surface area (TPSA) is 74.8 Å². The standard InChI is InChI=1S/C23H23N5O/c24-16-18-9-11-20(12-10-18)23(29)28-14-5-4-8-21(28)13-15-27-17-22(25-26-27)19-6-2-1-3-7-19/h1-3,6-7,9-12,17,21H,4-5,8,13-15H2. The first-order chi connectivity index (χ1) is 14.2. The number of rotatable bonds is 5. The molecule has 146 valence electrons. The summed E-state index contributed by atoms with van der Waals surface area (Å²) < 4.78 is 1.86. The average Bonchev–Trinajstić information content (AvgIpc) is 3.27. The van der Waals surface area contributed by atoms with Crippen molar-refractivity contribution < 1.29 is 4.79 Å². The Hall–Kier alpha value is -3.46. The summed E-state index contributed by atoms with van der Waals surface area (Å²) in [4.78, 5) is 15.0. The third kappa shape index (κ3) is 4.35. The minimum atomic E-state index is 0.0442. The Bertz CT molecular complexity index is 1000. The fraction of sp³-hybridized carbons (Fsp3) is 0.304. The average molecular weight is 385 g/mol. The number of hydrogen-bond acceptors (Lipinski definition) is 4. The first-order valence-corrected chi connectivity index (χ1v) is 10.0. The molecule has 4 rings (SSSR count). The number of piperidine rings is 1. The number of nitrogens with zero attached hydrogens (tertiary/aromatic N) is 5. The van der Waals surface area contributed by atoms with E-state index in [1.54, 1.807) is 24.3 Å². The highest BCUT2D eigenvalue weighted by Gasteiger charge is 2.27. The van der Waals surface area contributed by atoms with Gasteiger partial charge in [0.05, 0.1) is 17.8 Å². The van der Waals surface area contributed by atoms with Crippen LogP contribution in [0.5, 0.6) is 0 Å². The molecule has 1 aliphatic rings. The van der Waals surface area contributed by atoms with Gasteiger partial charge in [-0.3, -0.25) is 9.48 Å². The van der Waals surface area contributed by atoms with Crippen LogP contribution in [0, 0.1) is 11.3 Å². The predicted octanol–water partition coefficient (Wildman–Crippen LogP) is 3.90. The Balaban J connectivity index is 1.42. The lowest BCUT2D eigenvalue weighted by Gasteiger charge is -2.36. The highest BCUT2D eigenvalue weighted by atomic mass is 16.2. The van der Waals surface area contributed by atoms with Crippen LogP contribution in [0.2, 0.25) is 0 Å². The molecular formula is C23H23N5O. The second-order valence-corrected chi connectivity index (χ2v) is 7.36. The molecule has 3 aromatic rings. The molecule has 1 aromatic heterocycles. The molecule has 1 atom stereocenters. The van der Waals surface area contributed by atoms with Crippen LogP contribution in [0.4, 0.5) is 0 Å². The first kappa shape index (κ1) is 18.9. The summed E-state index contributed by atoms with van der Waals surface area (Å²) in [7, 11) is 0. The van der Waals surface area contributed by atoms with Crippen molar-refractivity contribution in [2.24, 2.45) is 0 Å². The molecule has 1 amide bonds. The van der Waals surface area contributed by atoms with Crippen molar-refractivity contribution in [3.05, 3.63) is 71.9 Å². The van der Waals surface area contributed by atoms with Gasteiger partial charge in [0.25, 0.3) is 5.91 Å². The molecule has 1 saturated heterocycles. The van der Waals surface area contributed by atoms with E-state index in [0.717, 1.165) is 50.0 Å². The van der Waals surface area contributed by atoms with Crippen LogP contribution < -0.4 is 0 Å².